The summed E-state index contributed by atoms with van der Waals surface area (Å²) in [6.07, 6.45) is 20.6. The van der Waals surface area contributed by atoms with E-state index >= 15 is 0 Å². The van der Waals surface area contributed by atoms with Crippen LogP contribution in [0.2, 0.25) is 0 Å². The van der Waals surface area contributed by atoms with Gasteiger partial charge in [0.05, 0.1) is 5.92 Å². The average Bonchev–Trinajstić information content (AvgIpc) is 2.88. The van der Waals surface area contributed by atoms with Crippen molar-refractivity contribution in [2.45, 2.75) is 117 Å². The molecule has 3 fully saturated rings. The molecule has 0 saturated heterocycles. The van der Waals surface area contributed by atoms with E-state index in [4.69, 9.17) is 4.74 Å². The molecule has 0 aromatic heterocycles. The summed E-state index contributed by atoms with van der Waals surface area (Å²) in [4.78, 5) is 13.0. The lowest BCUT2D eigenvalue weighted by atomic mass is 9.59. The van der Waals surface area contributed by atoms with Crippen LogP contribution in [0, 0.1) is 54.1 Å². The van der Waals surface area contributed by atoms with Gasteiger partial charge >= 0.3 is 5.97 Å². The van der Waals surface area contributed by atoms with Crippen molar-refractivity contribution < 1.29 is 18.3 Å². The molecule has 4 unspecified atom stereocenters. The molecule has 0 aliphatic heterocycles. The van der Waals surface area contributed by atoms with E-state index in [1.165, 1.54) is 103 Å². The smallest absolute Gasteiger partial charge is 0.314 e. The maximum absolute atomic E-state index is 14.3. The highest BCUT2D eigenvalue weighted by Crippen LogP contribution is 2.50. The summed E-state index contributed by atoms with van der Waals surface area (Å²) in [6.45, 7) is 3.79. The molecule has 4 rings (SSSR count). The number of fused-ring (bicyclic) bond motifs is 1. The number of benzene rings is 1. The van der Waals surface area contributed by atoms with E-state index in [2.05, 4.69) is 6.92 Å². The van der Waals surface area contributed by atoms with Gasteiger partial charge in [0.25, 0.3) is 0 Å². The molecular formula is C31H46F2O2. The molecule has 0 bridgehead atoms. The van der Waals surface area contributed by atoms with Crippen LogP contribution in [0.4, 0.5) is 8.78 Å². The monoisotopic (exact) mass is 488 g/mol. The molecule has 3 aliphatic rings. The molecule has 1 aromatic rings. The number of aryl methyl sites for hydroxylation is 1. The fourth-order valence-electron chi connectivity index (χ4n) is 7.60. The van der Waals surface area contributed by atoms with Crippen LogP contribution in [0.1, 0.15) is 115 Å². The second-order valence-corrected chi connectivity index (χ2v) is 11.9. The quantitative estimate of drug-likeness (QED) is 0.197. The van der Waals surface area contributed by atoms with Crippen molar-refractivity contribution in [1.29, 1.82) is 0 Å². The molecule has 0 amide bonds. The lowest BCUT2D eigenvalue weighted by Gasteiger charge is -2.46. The molecule has 3 aliphatic carbocycles. The Bertz CT molecular complexity index is 830. The van der Waals surface area contributed by atoms with E-state index in [-0.39, 0.29) is 23.2 Å². The molecule has 196 valence electrons. The Hall–Kier alpha value is -1.45. The number of carbonyl (C=O) groups excluding carboxylic acids is 1. The van der Waals surface area contributed by atoms with Gasteiger partial charge in [-0.1, -0.05) is 77.2 Å². The number of ether oxygens (including phenoxy) is 1. The zero-order valence-corrected chi connectivity index (χ0v) is 22.0. The largest absolute Gasteiger partial charge is 0.423 e. The van der Waals surface area contributed by atoms with Crippen molar-refractivity contribution in [3.63, 3.8) is 0 Å². The van der Waals surface area contributed by atoms with Crippen LogP contribution in [-0.4, -0.2) is 5.97 Å². The first-order chi connectivity index (χ1) is 17.0. The molecule has 4 atom stereocenters. The van der Waals surface area contributed by atoms with Gasteiger partial charge < -0.3 is 4.74 Å². The van der Waals surface area contributed by atoms with Gasteiger partial charge in [0.15, 0.2) is 11.6 Å². The second kappa shape index (κ2) is 12.7. The van der Waals surface area contributed by atoms with Crippen LogP contribution in [0.15, 0.2) is 12.1 Å². The standard InChI is InChI=1S/C31H46F2O2/c1-3-4-5-6-7-9-22-13-15-23(16-14-22)24-17-18-26-25(20-24)10-8-11-27(26)31(34)35-28-19-12-21(2)29(32)30(28)33/h12,19,22-27H,3-11,13-18,20H2,1-2H3. The first kappa shape index (κ1) is 26.6. The van der Waals surface area contributed by atoms with E-state index in [1.54, 1.807) is 0 Å². The Morgan fingerprint density at radius 1 is 0.857 bits per heavy atom. The van der Waals surface area contributed by atoms with Gasteiger partial charge in [-0.25, -0.2) is 4.39 Å². The van der Waals surface area contributed by atoms with Crippen molar-refractivity contribution >= 4 is 5.97 Å². The molecule has 3 saturated carbocycles. The fraction of sp³-hybridized carbons (Fsp3) is 0.774. The Morgan fingerprint density at radius 2 is 1.60 bits per heavy atom. The van der Waals surface area contributed by atoms with Crippen LogP contribution in [0.25, 0.3) is 0 Å². The Balaban J connectivity index is 1.25. The normalized spacial score (nSPS) is 31.1. The molecule has 2 nitrogen and oxygen atoms in total. The SMILES string of the molecule is CCCCCCCC1CCC(C2CCC3C(CCCC3C(=O)Oc3ccc(C)c(F)c3F)C2)CC1. The Kier molecular flexibility index (Phi) is 9.64. The van der Waals surface area contributed by atoms with Gasteiger partial charge in [-0.15, -0.1) is 0 Å². The number of hydrogen-bond donors (Lipinski definition) is 0. The lowest BCUT2D eigenvalue weighted by Crippen LogP contribution is -2.40. The maximum Gasteiger partial charge on any atom is 0.314 e. The predicted molar refractivity (Wildman–Crippen MR) is 137 cm³/mol. The summed E-state index contributed by atoms with van der Waals surface area (Å²) < 4.78 is 33.6. The van der Waals surface area contributed by atoms with Crippen molar-refractivity contribution in [2.75, 3.05) is 0 Å². The molecular weight excluding hydrogens is 442 g/mol. The van der Waals surface area contributed by atoms with Gasteiger partial charge in [-0.2, -0.15) is 4.39 Å². The van der Waals surface area contributed by atoms with E-state index < -0.39 is 11.6 Å². The van der Waals surface area contributed by atoms with Gasteiger partial charge in [-0.3, -0.25) is 4.79 Å². The first-order valence-electron chi connectivity index (χ1n) is 14.6. The van der Waals surface area contributed by atoms with Crippen LogP contribution >= 0.6 is 0 Å². The third-order valence-corrected chi connectivity index (χ3v) is 9.72. The number of rotatable bonds is 9. The van der Waals surface area contributed by atoms with Gasteiger partial charge in [0.2, 0.25) is 5.82 Å². The molecule has 0 spiro atoms. The summed E-state index contributed by atoms with van der Waals surface area (Å²) in [7, 11) is 0. The number of carbonyl (C=O) groups is 1. The van der Waals surface area contributed by atoms with Crippen molar-refractivity contribution in [3.05, 3.63) is 29.3 Å². The van der Waals surface area contributed by atoms with Gasteiger partial charge in [0.1, 0.15) is 0 Å². The first-order valence-corrected chi connectivity index (χ1v) is 14.6. The third kappa shape index (κ3) is 6.66. The highest BCUT2D eigenvalue weighted by Gasteiger charge is 2.43. The summed E-state index contributed by atoms with van der Waals surface area (Å²) >= 11 is 0. The average molecular weight is 489 g/mol. The van der Waals surface area contributed by atoms with E-state index in [9.17, 15) is 13.6 Å². The predicted octanol–water partition coefficient (Wildman–Crippen LogP) is 9.18. The molecule has 0 N–H and O–H groups in total. The van der Waals surface area contributed by atoms with E-state index in [0.717, 1.165) is 37.0 Å². The van der Waals surface area contributed by atoms with E-state index in [1.807, 2.05) is 0 Å². The number of esters is 1. The number of halogens is 2. The summed E-state index contributed by atoms with van der Waals surface area (Å²) in [5, 5.41) is 0. The van der Waals surface area contributed by atoms with E-state index in [0.29, 0.717) is 11.8 Å². The topological polar surface area (TPSA) is 26.3 Å². The van der Waals surface area contributed by atoms with Gasteiger partial charge in [0, 0.05) is 0 Å². The van der Waals surface area contributed by atoms with Gasteiger partial charge in [-0.05, 0) is 86.7 Å². The minimum Gasteiger partial charge on any atom is -0.423 e. The minimum atomic E-state index is -1.05. The summed E-state index contributed by atoms with van der Waals surface area (Å²) in [6, 6.07) is 2.85. The maximum atomic E-state index is 14.3. The number of hydrogen-bond acceptors (Lipinski definition) is 2. The highest BCUT2D eigenvalue weighted by molar-refractivity contribution is 5.75. The second-order valence-electron chi connectivity index (χ2n) is 11.9. The van der Waals surface area contributed by atoms with Crippen molar-refractivity contribution in [2.24, 2.45) is 35.5 Å². The molecule has 35 heavy (non-hydrogen) atoms. The molecule has 0 heterocycles. The summed E-state index contributed by atoms with van der Waals surface area (Å²) in [5.41, 5.74) is 0.222. The number of unbranched alkanes of at least 4 members (excludes halogenated alkanes) is 4. The Labute approximate surface area is 211 Å². The zero-order chi connectivity index (χ0) is 24.8. The molecule has 4 heteroatoms. The molecule has 0 radical (unpaired) electrons. The van der Waals surface area contributed by atoms with Crippen LogP contribution in [0.5, 0.6) is 5.75 Å². The van der Waals surface area contributed by atoms with Crippen LogP contribution in [-0.2, 0) is 4.79 Å². The molecule has 1 aromatic carbocycles. The minimum absolute atomic E-state index is 0.179. The summed E-state index contributed by atoms with van der Waals surface area (Å²) in [5.74, 6) is 0.753. The van der Waals surface area contributed by atoms with Crippen molar-refractivity contribution in [1.82, 2.24) is 0 Å². The third-order valence-electron chi connectivity index (χ3n) is 9.72. The Morgan fingerprint density at radius 3 is 2.37 bits per heavy atom. The zero-order valence-electron chi connectivity index (χ0n) is 22.0. The van der Waals surface area contributed by atoms with Crippen molar-refractivity contribution in [3.8, 4) is 5.75 Å². The van der Waals surface area contributed by atoms with Crippen LogP contribution < -0.4 is 4.74 Å². The highest BCUT2D eigenvalue weighted by atomic mass is 19.2. The lowest BCUT2D eigenvalue weighted by molar-refractivity contribution is -0.144. The van der Waals surface area contributed by atoms with Crippen LogP contribution in [0.3, 0.4) is 0 Å². The fourth-order valence-corrected chi connectivity index (χ4v) is 7.60.